The second kappa shape index (κ2) is 9.16. The van der Waals surface area contributed by atoms with Crippen LogP contribution in [0.15, 0.2) is 60.9 Å². The van der Waals surface area contributed by atoms with Crippen LogP contribution in [0, 0.1) is 5.41 Å². The topological polar surface area (TPSA) is 75.2 Å². The second-order valence-electron chi connectivity index (χ2n) is 11.2. The molecule has 0 unspecified atom stereocenters. The van der Waals surface area contributed by atoms with Crippen molar-refractivity contribution in [3.8, 4) is 0 Å². The van der Waals surface area contributed by atoms with Crippen molar-refractivity contribution in [2.45, 2.75) is 64.8 Å². The Morgan fingerprint density at radius 2 is 1.89 bits per heavy atom. The van der Waals surface area contributed by atoms with Gasteiger partial charge in [-0.3, -0.25) is 14.6 Å². The van der Waals surface area contributed by atoms with Gasteiger partial charge >= 0.3 is 0 Å². The summed E-state index contributed by atoms with van der Waals surface area (Å²) in [6.07, 6.45) is 6.57. The number of aryl methyl sites for hydroxylation is 1. The molecule has 6 heteroatoms. The lowest BCUT2D eigenvalue weighted by Crippen LogP contribution is -2.41. The van der Waals surface area contributed by atoms with E-state index in [0.717, 1.165) is 40.8 Å². The van der Waals surface area contributed by atoms with E-state index >= 15 is 0 Å². The number of nitrogens with one attached hydrogen (secondary N) is 1. The van der Waals surface area contributed by atoms with Crippen LogP contribution in [-0.4, -0.2) is 33.2 Å². The highest BCUT2D eigenvalue weighted by Gasteiger charge is 2.51. The minimum absolute atomic E-state index is 0.00508. The number of carbonyl (C=O) groups is 2. The Kier molecular flexibility index (Phi) is 6.15. The fourth-order valence-electron chi connectivity index (χ4n) is 5.57. The van der Waals surface area contributed by atoms with E-state index in [1.54, 1.807) is 6.20 Å². The van der Waals surface area contributed by atoms with Crippen LogP contribution in [-0.2, 0) is 34.3 Å². The van der Waals surface area contributed by atoms with Crippen LogP contribution in [0.3, 0.4) is 0 Å². The van der Waals surface area contributed by atoms with E-state index in [9.17, 15) is 9.59 Å². The van der Waals surface area contributed by atoms with Gasteiger partial charge in [-0.2, -0.15) is 0 Å². The lowest BCUT2D eigenvalue weighted by atomic mass is 9.80. The van der Waals surface area contributed by atoms with Gasteiger partial charge in [0.25, 0.3) is 0 Å². The summed E-state index contributed by atoms with van der Waals surface area (Å²) in [6.45, 7) is 8.72. The largest absolute Gasteiger partial charge is 0.335 e. The van der Waals surface area contributed by atoms with Gasteiger partial charge in [0.1, 0.15) is 5.82 Å². The number of rotatable bonds is 6. The molecular weight excluding hydrogens is 448 g/mol. The maximum atomic E-state index is 13.3. The van der Waals surface area contributed by atoms with Crippen LogP contribution in [0.2, 0.25) is 0 Å². The molecule has 0 saturated carbocycles. The van der Waals surface area contributed by atoms with Crippen LogP contribution in [0.1, 0.15) is 68.1 Å². The van der Waals surface area contributed by atoms with E-state index in [1.165, 1.54) is 0 Å². The number of benzene rings is 1. The fourth-order valence-corrected chi connectivity index (χ4v) is 5.57. The summed E-state index contributed by atoms with van der Waals surface area (Å²) in [5.74, 6) is 0.848. The van der Waals surface area contributed by atoms with Crippen LogP contribution < -0.4 is 5.32 Å². The van der Waals surface area contributed by atoms with Crippen molar-refractivity contribution in [1.29, 1.82) is 0 Å². The first kappa shape index (κ1) is 24.2. The van der Waals surface area contributed by atoms with Gasteiger partial charge in [0.2, 0.25) is 11.8 Å². The molecule has 0 fully saturated rings. The first-order chi connectivity index (χ1) is 17.2. The average Bonchev–Trinajstić information content (AvgIpc) is 3.38. The number of pyridine rings is 2. The Labute approximate surface area is 213 Å². The van der Waals surface area contributed by atoms with E-state index < -0.39 is 10.8 Å². The predicted molar refractivity (Wildman–Crippen MR) is 141 cm³/mol. The summed E-state index contributed by atoms with van der Waals surface area (Å²) in [4.78, 5) is 37.4. The number of hydrogen-bond acceptors (Lipinski definition) is 4. The van der Waals surface area contributed by atoms with Gasteiger partial charge < -0.3 is 10.2 Å². The molecule has 1 N–H and O–H groups in total. The average molecular weight is 483 g/mol. The molecule has 36 heavy (non-hydrogen) atoms. The third kappa shape index (κ3) is 4.29. The Morgan fingerprint density at radius 3 is 2.64 bits per heavy atom. The highest BCUT2D eigenvalue weighted by atomic mass is 16.2. The van der Waals surface area contributed by atoms with Crippen LogP contribution in [0.25, 0.3) is 0 Å². The molecule has 0 bridgehead atoms. The van der Waals surface area contributed by atoms with Crippen molar-refractivity contribution in [1.82, 2.24) is 14.9 Å². The molecule has 1 aromatic carbocycles. The quantitative estimate of drug-likeness (QED) is 0.535. The molecular formula is C30H34N4O2. The number of amides is 2. The van der Waals surface area contributed by atoms with Gasteiger partial charge in [0.05, 0.1) is 11.5 Å². The summed E-state index contributed by atoms with van der Waals surface area (Å²) in [5, 5.41) is 2.96. The van der Waals surface area contributed by atoms with E-state index in [-0.39, 0.29) is 17.9 Å². The van der Waals surface area contributed by atoms with Gasteiger partial charge in [0.15, 0.2) is 0 Å². The molecule has 2 aromatic heterocycles. The van der Waals surface area contributed by atoms with Gasteiger partial charge in [-0.05, 0) is 48.9 Å². The van der Waals surface area contributed by atoms with Crippen LogP contribution >= 0.6 is 0 Å². The van der Waals surface area contributed by atoms with Gasteiger partial charge in [-0.15, -0.1) is 0 Å². The standard InChI is InChI=1S/C30H34N4O2/c1-20(22-11-6-5-7-12-22)34(28(36)29(2,3)4)15-9-10-21-16-23-17-30(18-25(23)32-19-21)24-13-8-14-31-26(24)33-27(30)35/h5-8,11-14,16,19-20H,9-10,15,17-18H2,1-4H3,(H,31,33,35)/t20-,30+/m1/s1. The number of aromatic nitrogens is 2. The molecule has 3 heterocycles. The lowest BCUT2D eigenvalue weighted by Gasteiger charge is -2.35. The summed E-state index contributed by atoms with van der Waals surface area (Å²) >= 11 is 0. The van der Waals surface area contributed by atoms with Crippen molar-refractivity contribution in [3.63, 3.8) is 0 Å². The van der Waals surface area contributed by atoms with Crippen molar-refractivity contribution < 1.29 is 9.59 Å². The summed E-state index contributed by atoms with van der Waals surface area (Å²) < 4.78 is 0. The minimum atomic E-state index is -0.599. The fraction of sp³-hybridized carbons (Fsp3) is 0.400. The van der Waals surface area contributed by atoms with Crippen molar-refractivity contribution in [3.05, 3.63) is 88.9 Å². The lowest BCUT2D eigenvalue weighted by molar-refractivity contribution is -0.141. The molecule has 1 aliphatic carbocycles. The SMILES string of the molecule is C[C@H](c1ccccc1)N(CCCc1cnc2c(c1)C[C@@]1(C2)C(=O)Nc2ncccc21)C(=O)C(C)(C)C. The van der Waals surface area contributed by atoms with E-state index in [1.807, 2.05) is 62.2 Å². The highest BCUT2D eigenvalue weighted by molar-refractivity contribution is 6.06. The molecule has 1 spiro atoms. The molecule has 186 valence electrons. The second-order valence-corrected chi connectivity index (χ2v) is 11.2. The van der Waals surface area contributed by atoms with E-state index in [2.05, 4.69) is 35.4 Å². The van der Waals surface area contributed by atoms with Crippen molar-refractivity contribution >= 4 is 17.6 Å². The van der Waals surface area contributed by atoms with Crippen molar-refractivity contribution in [2.75, 3.05) is 11.9 Å². The Balaban J connectivity index is 1.30. The Bertz CT molecular complexity index is 1300. The summed E-state index contributed by atoms with van der Waals surface area (Å²) in [6, 6.07) is 16.3. The zero-order chi connectivity index (χ0) is 25.5. The number of anilines is 1. The number of nitrogens with zero attached hydrogens (tertiary/aromatic N) is 3. The number of fused-ring (bicyclic) bond motifs is 3. The zero-order valence-electron chi connectivity index (χ0n) is 21.5. The maximum absolute atomic E-state index is 13.3. The molecule has 2 aliphatic rings. The molecule has 3 aromatic rings. The van der Waals surface area contributed by atoms with E-state index in [4.69, 9.17) is 4.98 Å². The van der Waals surface area contributed by atoms with Crippen LogP contribution in [0.5, 0.6) is 0 Å². The molecule has 6 nitrogen and oxygen atoms in total. The minimum Gasteiger partial charge on any atom is -0.335 e. The van der Waals surface area contributed by atoms with Gasteiger partial charge in [0, 0.05) is 42.0 Å². The Morgan fingerprint density at radius 1 is 1.11 bits per heavy atom. The van der Waals surface area contributed by atoms with Crippen LogP contribution in [0.4, 0.5) is 5.82 Å². The zero-order valence-corrected chi connectivity index (χ0v) is 21.5. The van der Waals surface area contributed by atoms with Gasteiger partial charge in [-0.25, -0.2) is 4.98 Å². The molecule has 1 aliphatic heterocycles. The van der Waals surface area contributed by atoms with Gasteiger partial charge in [-0.1, -0.05) is 63.2 Å². The summed E-state index contributed by atoms with van der Waals surface area (Å²) in [5.41, 5.74) is 4.35. The van der Waals surface area contributed by atoms with Crippen molar-refractivity contribution in [2.24, 2.45) is 5.41 Å². The highest BCUT2D eigenvalue weighted by Crippen LogP contribution is 2.46. The Hall–Kier alpha value is -3.54. The predicted octanol–water partition coefficient (Wildman–Crippen LogP) is 5.03. The smallest absolute Gasteiger partial charge is 0.237 e. The molecule has 0 saturated heterocycles. The molecule has 2 atom stereocenters. The molecule has 2 amide bonds. The monoisotopic (exact) mass is 482 g/mol. The molecule has 0 radical (unpaired) electrons. The third-order valence-electron chi connectivity index (χ3n) is 7.58. The summed E-state index contributed by atoms with van der Waals surface area (Å²) in [7, 11) is 0. The van der Waals surface area contributed by atoms with E-state index in [0.29, 0.717) is 25.2 Å². The maximum Gasteiger partial charge on any atom is 0.237 e. The first-order valence-electron chi connectivity index (χ1n) is 12.8. The number of carbonyl (C=O) groups excluding carboxylic acids is 2. The number of hydrogen-bond donors (Lipinski definition) is 1. The normalized spacial score (nSPS) is 19.1. The molecule has 5 rings (SSSR count). The third-order valence-corrected chi connectivity index (χ3v) is 7.58. The first-order valence-corrected chi connectivity index (χ1v) is 12.8.